The minimum absolute atomic E-state index is 0.253. The highest BCUT2D eigenvalue weighted by Gasteiger charge is 2.17. The average Bonchev–Trinajstić information content (AvgIpc) is 2.69. The van der Waals surface area contributed by atoms with Crippen molar-refractivity contribution in [2.24, 2.45) is 0 Å². The van der Waals surface area contributed by atoms with Crippen LogP contribution in [0.5, 0.6) is 0 Å². The van der Waals surface area contributed by atoms with Crippen molar-refractivity contribution in [1.82, 2.24) is 15.2 Å². The van der Waals surface area contributed by atoms with Crippen molar-refractivity contribution in [1.29, 1.82) is 0 Å². The van der Waals surface area contributed by atoms with Crippen LogP contribution in [0.2, 0.25) is 10.0 Å². The van der Waals surface area contributed by atoms with E-state index in [1.807, 2.05) is 12.1 Å². The van der Waals surface area contributed by atoms with E-state index in [-0.39, 0.29) is 10.9 Å². The van der Waals surface area contributed by atoms with Gasteiger partial charge in [0.15, 0.2) is 0 Å². The molecule has 0 atom stereocenters. The Morgan fingerprint density at radius 2 is 1.92 bits per heavy atom. The van der Waals surface area contributed by atoms with Gasteiger partial charge in [0.2, 0.25) is 0 Å². The van der Waals surface area contributed by atoms with E-state index in [2.05, 4.69) is 27.0 Å². The molecule has 0 spiro atoms. The fourth-order valence-corrected chi connectivity index (χ4v) is 3.34. The summed E-state index contributed by atoms with van der Waals surface area (Å²) < 4.78 is 0. The van der Waals surface area contributed by atoms with Gasteiger partial charge in [-0.15, -0.1) is 0 Å². The van der Waals surface area contributed by atoms with Crippen molar-refractivity contribution >= 4 is 34.9 Å². The maximum atomic E-state index is 12.3. The number of benzene rings is 1. The number of carbonyl (C=O) groups excluding carboxylic acids is 1. The van der Waals surface area contributed by atoms with Crippen LogP contribution >= 0.6 is 23.2 Å². The molecule has 2 aromatic rings. The molecule has 1 aliphatic rings. The number of anilines is 1. The quantitative estimate of drug-likeness (QED) is 0.846. The normalized spacial score (nSPS) is 15.1. The molecule has 1 aromatic carbocycles. The van der Waals surface area contributed by atoms with E-state index in [0.717, 1.165) is 44.1 Å². The van der Waals surface area contributed by atoms with Crippen LogP contribution in [0.3, 0.4) is 0 Å². The highest BCUT2D eigenvalue weighted by Crippen LogP contribution is 2.25. The third-order valence-corrected chi connectivity index (χ3v) is 5.42. The van der Waals surface area contributed by atoms with E-state index < -0.39 is 0 Å². The molecule has 3 rings (SSSR count). The number of aromatic nitrogens is 1. The number of halogens is 2. The Bertz CT molecular complexity index is 759. The molecule has 1 amide bonds. The minimum atomic E-state index is -0.253. The average molecular weight is 393 g/mol. The number of piperazine rings is 1. The standard InChI is InChI=1S/C19H22Cl2N4O/c1-2-24-8-10-25(11-9-24)17-7-6-14(12-22-17)13-23-19(26)15-4-3-5-16(20)18(15)21/h3-7,12H,2,8-11,13H2,1H3,(H,23,26). The molecule has 7 heteroatoms. The lowest BCUT2D eigenvalue weighted by atomic mass is 10.2. The van der Waals surface area contributed by atoms with Gasteiger partial charge in [-0.1, -0.05) is 42.3 Å². The topological polar surface area (TPSA) is 48.5 Å². The van der Waals surface area contributed by atoms with Crippen LogP contribution in [-0.4, -0.2) is 48.5 Å². The third kappa shape index (κ3) is 4.47. The first-order valence-electron chi connectivity index (χ1n) is 8.73. The Balaban J connectivity index is 1.56. The van der Waals surface area contributed by atoms with Gasteiger partial charge in [0.1, 0.15) is 5.82 Å². The molecular formula is C19H22Cl2N4O. The lowest BCUT2D eigenvalue weighted by Crippen LogP contribution is -2.46. The Hall–Kier alpha value is -1.82. The van der Waals surface area contributed by atoms with Gasteiger partial charge in [-0.05, 0) is 30.3 Å². The van der Waals surface area contributed by atoms with Crippen LogP contribution in [0.25, 0.3) is 0 Å². The van der Waals surface area contributed by atoms with Crippen LogP contribution in [0.1, 0.15) is 22.8 Å². The van der Waals surface area contributed by atoms with Gasteiger partial charge < -0.3 is 15.1 Å². The van der Waals surface area contributed by atoms with Crippen molar-refractivity contribution in [3.63, 3.8) is 0 Å². The summed E-state index contributed by atoms with van der Waals surface area (Å²) in [6.07, 6.45) is 1.81. The van der Waals surface area contributed by atoms with E-state index in [9.17, 15) is 4.79 Å². The molecule has 138 valence electrons. The predicted molar refractivity (Wildman–Crippen MR) is 106 cm³/mol. The van der Waals surface area contributed by atoms with Crippen molar-refractivity contribution in [3.05, 3.63) is 57.7 Å². The predicted octanol–water partition coefficient (Wildman–Crippen LogP) is 3.46. The zero-order valence-electron chi connectivity index (χ0n) is 14.7. The second kappa shape index (κ2) is 8.71. The van der Waals surface area contributed by atoms with Gasteiger partial charge in [-0.25, -0.2) is 4.98 Å². The number of pyridine rings is 1. The van der Waals surface area contributed by atoms with Gasteiger partial charge >= 0.3 is 0 Å². The third-order valence-electron chi connectivity index (χ3n) is 4.60. The second-order valence-electron chi connectivity index (χ2n) is 6.23. The molecule has 0 aliphatic carbocycles. The Morgan fingerprint density at radius 1 is 1.15 bits per heavy atom. The molecule has 0 bridgehead atoms. The number of nitrogens with zero attached hydrogens (tertiary/aromatic N) is 3. The first-order valence-corrected chi connectivity index (χ1v) is 9.48. The van der Waals surface area contributed by atoms with Crippen LogP contribution in [0, 0.1) is 0 Å². The van der Waals surface area contributed by atoms with Gasteiger partial charge in [-0.3, -0.25) is 4.79 Å². The molecule has 0 saturated carbocycles. The summed E-state index contributed by atoms with van der Waals surface area (Å²) in [5.41, 5.74) is 1.31. The van der Waals surface area contributed by atoms with Crippen molar-refractivity contribution in [3.8, 4) is 0 Å². The minimum Gasteiger partial charge on any atom is -0.354 e. The molecule has 1 aromatic heterocycles. The van der Waals surface area contributed by atoms with Gasteiger partial charge in [0.05, 0.1) is 15.6 Å². The number of hydrogen-bond acceptors (Lipinski definition) is 4. The summed E-state index contributed by atoms with van der Waals surface area (Å²) in [5.74, 6) is 0.728. The highest BCUT2D eigenvalue weighted by molar-refractivity contribution is 6.43. The van der Waals surface area contributed by atoms with E-state index in [0.29, 0.717) is 17.1 Å². The largest absolute Gasteiger partial charge is 0.354 e. The van der Waals surface area contributed by atoms with Crippen LogP contribution in [-0.2, 0) is 6.54 Å². The number of amides is 1. The first kappa shape index (κ1) is 19.0. The van der Waals surface area contributed by atoms with Crippen molar-refractivity contribution in [2.75, 3.05) is 37.6 Å². The number of likely N-dealkylation sites (N-methyl/N-ethyl adjacent to an activating group) is 1. The smallest absolute Gasteiger partial charge is 0.253 e. The van der Waals surface area contributed by atoms with Crippen LogP contribution in [0.4, 0.5) is 5.82 Å². The van der Waals surface area contributed by atoms with Crippen LogP contribution < -0.4 is 10.2 Å². The molecule has 1 saturated heterocycles. The van der Waals surface area contributed by atoms with Crippen molar-refractivity contribution < 1.29 is 4.79 Å². The SMILES string of the molecule is CCN1CCN(c2ccc(CNC(=O)c3cccc(Cl)c3Cl)cn2)CC1. The van der Waals surface area contributed by atoms with Gasteiger partial charge in [-0.2, -0.15) is 0 Å². The maximum absolute atomic E-state index is 12.3. The van der Waals surface area contributed by atoms with Crippen molar-refractivity contribution in [2.45, 2.75) is 13.5 Å². The zero-order chi connectivity index (χ0) is 18.5. The number of carbonyl (C=O) groups is 1. The van der Waals surface area contributed by atoms with E-state index in [1.165, 1.54) is 0 Å². The molecule has 1 fully saturated rings. The highest BCUT2D eigenvalue weighted by atomic mass is 35.5. The number of nitrogens with one attached hydrogen (secondary N) is 1. The molecule has 1 aliphatic heterocycles. The summed E-state index contributed by atoms with van der Waals surface area (Å²) in [4.78, 5) is 21.5. The molecule has 0 unspecified atom stereocenters. The summed E-state index contributed by atoms with van der Waals surface area (Å²) in [5, 5.41) is 3.49. The lowest BCUT2D eigenvalue weighted by Gasteiger charge is -2.34. The molecule has 26 heavy (non-hydrogen) atoms. The summed E-state index contributed by atoms with van der Waals surface area (Å²) in [6.45, 7) is 7.78. The molecular weight excluding hydrogens is 371 g/mol. The Kier molecular flexibility index (Phi) is 6.35. The van der Waals surface area contributed by atoms with E-state index >= 15 is 0 Å². The number of hydrogen-bond donors (Lipinski definition) is 1. The summed E-state index contributed by atoms with van der Waals surface area (Å²) >= 11 is 12.0. The zero-order valence-corrected chi connectivity index (χ0v) is 16.2. The Labute approximate surface area is 163 Å². The molecule has 2 heterocycles. The Morgan fingerprint density at radius 3 is 2.58 bits per heavy atom. The van der Waals surface area contributed by atoms with Gasteiger partial charge in [0.25, 0.3) is 5.91 Å². The first-order chi connectivity index (χ1) is 12.6. The van der Waals surface area contributed by atoms with E-state index in [1.54, 1.807) is 24.4 Å². The van der Waals surface area contributed by atoms with Gasteiger partial charge in [0, 0.05) is 38.9 Å². The monoisotopic (exact) mass is 392 g/mol. The maximum Gasteiger partial charge on any atom is 0.253 e. The van der Waals surface area contributed by atoms with Crippen LogP contribution in [0.15, 0.2) is 36.5 Å². The summed E-state index contributed by atoms with van der Waals surface area (Å²) in [7, 11) is 0. The second-order valence-corrected chi connectivity index (χ2v) is 7.02. The fraction of sp³-hybridized carbons (Fsp3) is 0.368. The molecule has 0 radical (unpaired) electrons. The number of rotatable bonds is 5. The molecule has 1 N–H and O–H groups in total. The van der Waals surface area contributed by atoms with E-state index in [4.69, 9.17) is 23.2 Å². The lowest BCUT2D eigenvalue weighted by molar-refractivity contribution is 0.0951. The molecule has 5 nitrogen and oxygen atoms in total. The fourth-order valence-electron chi connectivity index (χ4n) is 2.96. The summed E-state index contributed by atoms with van der Waals surface area (Å²) in [6, 6.07) is 9.02.